The lowest BCUT2D eigenvalue weighted by molar-refractivity contribution is -0.137. The van der Waals surface area contributed by atoms with E-state index in [1.165, 1.54) is 11.8 Å². The van der Waals surface area contributed by atoms with Crippen molar-refractivity contribution >= 4 is 23.4 Å². The van der Waals surface area contributed by atoms with Gasteiger partial charge in [0.1, 0.15) is 5.15 Å². The molecule has 1 aromatic carbocycles. The molecule has 0 aliphatic carbocycles. The van der Waals surface area contributed by atoms with Gasteiger partial charge in [0.25, 0.3) is 0 Å². The topological polar surface area (TPSA) is 12.9 Å². The smallest absolute Gasteiger partial charge is 0.230 e. The van der Waals surface area contributed by atoms with E-state index < -0.39 is 11.7 Å². The number of benzene rings is 1. The van der Waals surface area contributed by atoms with E-state index in [2.05, 4.69) is 4.98 Å². The number of alkyl halides is 3. The highest BCUT2D eigenvalue weighted by atomic mass is 35.5. The summed E-state index contributed by atoms with van der Waals surface area (Å²) in [5.41, 5.74) is 1.37. The van der Waals surface area contributed by atoms with Crippen LogP contribution in [0.15, 0.2) is 41.4 Å². The third-order valence-corrected chi connectivity index (χ3v) is 3.74. The molecule has 0 unspecified atom stereocenters. The first-order valence-corrected chi connectivity index (χ1v) is 7.14. The Morgan fingerprint density at radius 1 is 1.20 bits per heavy atom. The molecular weight excluding hydrogens is 307 g/mol. The summed E-state index contributed by atoms with van der Waals surface area (Å²) in [6.45, 7) is 1.97. The second-order valence-corrected chi connectivity index (χ2v) is 5.68. The maximum atomic E-state index is 12.7. The lowest BCUT2D eigenvalue weighted by Gasteiger charge is -2.09. The second-order valence-electron chi connectivity index (χ2n) is 4.29. The number of hydrogen-bond donors (Lipinski definition) is 0. The lowest BCUT2D eigenvalue weighted by Crippen LogP contribution is -2.05. The minimum atomic E-state index is -4.41. The van der Waals surface area contributed by atoms with Gasteiger partial charge in [-0.1, -0.05) is 41.4 Å². The molecule has 0 atom stereocenters. The van der Waals surface area contributed by atoms with Gasteiger partial charge in [-0.15, -0.1) is 11.8 Å². The number of thioether (sulfide) groups is 1. The van der Waals surface area contributed by atoms with Crippen LogP contribution >= 0.6 is 23.4 Å². The molecule has 2 rings (SSSR count). The van der Waals surface area contributed by atoms with Crippen molar-refractivity contribution in [1.82, 2.24) is 4.98 Å². The standard InChI is InChI=1S/C14H11ClF3NS/c1-9-3-2-4-10(5-9)8-20-13-7-11(14(16,17)18)6-12(15)19-13/h2-7H,8H2,1H3. The van der Waals surface area contributed by atoms with Gasteiger partial charge in [-0.05, 0) is 24.6 Å². The van der Waals surface area contributed by atoms with Crippen LogP contribution in [0.3, 0.4) is 0 Å². The first-order chi connectivity index (χ1) is 9.34. The Morgan fingerprint density at radius 2 is 1.95 bits per heavy atom. The van der Waals surface area contributed by atoms with Crippen molar-refractivity contribution in [2.24, 2.45) is 0 Å². The van der Waals surface area contributed by atoms with E-state index in [1.807, 2.05) is 31.2 Å². The van der Waals surface area contributed by atoms with Gasteiger partial charge in [-0.25, -0.2) is 4.98 Å². The summed E-state index contributed by atoms with van der Waals surface area (Å²) in [4.78, 5) is 3.91. The maximum Gasteiger partial charge on any atom is 0.416 e. The van der Waals surface area contributed by atoms with Gasteiger partial charge in [0.2, 0.25) is 0 Å². The fourth-order valence-electron chi connectivity index (χ4n) is 1.67. The zero-order valence-corrected chi connectivity index (χ0v) is 12.1. The van der Waals surface area contributed by atoms with Crippen LogP contribution in [0.2, 0.25) is 5.15 Å². The first kappa shape index (κ1) is 15.2. The van der Waals surface area contributed by atoms with Gasteiger partial charge in [-0.3, -0.25) is 0 Å². The Kier molecular flexibility index (Phi) is 4.60. The minimum Gasteiger partial charge on any atom is -0.230 e. The summed E-state index contributed by atoms with van der Waals surface area (Å²) in [5, 5.41) is 0.123. The van der Waals surface area contributed by atoms with Crippen molar-refractivity contribution in [3.63, 3.8) is 0 Å². The summed E-state index contributed by atoms with van der Waals surface area (Å²) in [6, 6.07) is 9.65. The third kappa shape index (κ3) is 4.15. The van der Waals surface area contributed by atoms with Crippen molar-refractivity contribution < 1.29 is 13.2 Å². The Morgan fingerprint density at radius 3 is 2.60 bits per heavy atom. The fourth-order valence-corrected chi connectivity index (χ4v) is 2.80. The molecule has 0 radical (unpaired) electrons. The second kappa shape index (κ2) is 6.06. The molecule has 1 heterocycles. The normalized spacial score (nSPS) is 11.7. The molecule has 0 spiro atoms. The van der Waals surface area contributed by atoms with Gasteiger partial charge >= 0.3 is 6.18 Å². The van der Waals surface area contributed by atoms with E-state index >= 15 is 0 Å². The number of aromatic nitrogens is 1. The van der Waals surface area contributed by atoms with Crippen LogP contribution in [0.5, 0.6) is 0 Å². The van der Waals surface area contributed by atoms with Crippen molar-refractivity contribution in [2.45, 2.75) is 23.9 Å². The number of nitrogens with zero attached hydrogens (tertiary/aromatic N) is 1. The summed E-state index contributed by atoms with van der Waals surface area (Å²) < 4.78 is 38.0. The molecular formula is C14H11ClF3NS. The molecule has 0 N–H and O–H groups in total. The van der Waals surface area contributed by atoms with Crippen molar-refractivity contribution in [3.8, 4) is 0 Å². The average Bonchev–Trinajstić information content (AvgIpc) is 2.35. The third-order valence-electron chi connectivity index (χ3n) is 2.57. The van der Waals surface area contributed by atoms with Crippen LogP contribution < -0.4 is 0 Å². The lowest BCUT2D eigenvalue weighted by atomic mass is 10.2. The molecule has 0 saturated carbocycles. The first-order valence-electron chi connectivity index (χ1n) is 5.78. The number of halogens is 4. The monoisotopic (exact) mass is 317 g/mol. The van der Waals surface area contributed by atoms with Crippen LogP contribution in [0, 0.1) is 6.92 Å². The van der Waals surface area contributed by atoms with Crippen LogP contribution in [-0.2, 0) is 11.9 Å². The highest BCUT2D eigenvalue weighted by Crippen LogP contribution is 2.33. The molecule has 2 aromatic rings. The van der Waals surface area contributed by atoms with E-state index in [0.29, 0.717) is 5.75 Å². The highest BCUT2D eigenvalue weighted by Gasteiger charge is 2.31. The number of pyridine rings is 1. The van der Waals surface area contributed by atoms with E-state index in [-0.39, 0.29) is 10.2 Å². The minimum absolute atomic E-state index is 0.147. The predicted molar refractivity (Wildman–Crippen MR) is 75.0 cm³/mol. The van der Waals surface area contributed by atoms with Crippen molar-refractivity contribution in [3.05, 3.63) is 58.2 Å². The largest absolute Gasteiger partial charge is 0.416 e. The van der Waals surface area contributed by atoms with Gasteiger partial charge in [-0.2, -0.15) is 13.2 Å². The Hall–Kier alpha value is -1.20. The Balaban J connectivity index is 2.16. The van der Waals surface area contributed by atoms with E-state index in [9.17, 15) is 13.2 Å². The van der Waals surface area contributed by atoms with Crippen molar-refractivity contribution in [2.75, 3.05) is 0 Å². The molecule has 106 valence electrons. The quantitative estimate of drug-likeness (QED) is 0.558. The van der Waals surface area contributed by atoms with Gasteiger partial charge in [0.05, 0.1) is 10.6 Å². The molecule has 0 aliphatic heterocycles. The average molecular weight is 318 g/mol. The summed E-state index contributed by atoms with van der Waals surface area (Å²) in [7, 11) is 0. The summed E-state index contributed by atoms with van der Waals surface area (Å²) >= 11 is 6.87. The van der Waals surface area contributed by atoms with Gasteiger partial charge < -0.3 is 0 Å². The zero-order chi connectivity index (χ0) is 14.8. The fraction of sp³-hybridized carbons (Fsp3) is 0.214. The van der Waals surface area contributed by atoms with Gasteiger partial charge in [0.15, 0.2) is 0 Å². The number of aryl methyl sites for hydroxylation is 1. The zero-order valence-electron chi connectivity index (χ0n) is 10.5. The van der Waals surface area contributed by atoms with Crippen LogP contribution in [0.25, 0.3) is 0 Å². The van der Waals surface area contributed by atoms with E-state index in [4.69, 9.17) is 11.6 Å². The van der Waals surface area contributed by atoms with Crippen LogP contribution in [0.4, 0.5) is 13.2 Å². The Labute approximate surface area is 124 Å². The molecule has 0 saturated heterocycles. The maximum absolute atomic E-state index is 12.7. The van der Waals surface area contributed by atoms with E-state index in [0.717, 1.165) is 23.3 Å². The van der Waals surface area contributed by atoms with Gasteiger partial charge in [0, 0.05) is 5.75 Å². The Bertz CT molecular complexity index is 614. The van der Waals surface area contributed by atoms with Crippen LogP contribution in [-0.4, -0.2) is 4.98 Å². The number of hydrogen-bond acceptors (Lipinski definition) is 2. The molecule has 0 amide bonds. The highest BCUT2D eigenvalue weighted by molar-refractivity contribution is 7.98. The molecule has 1 nitrogen and oxygen atoms in total. The molecule has 1 aromatic heterocycles. The molecule has 20 heavy (non-hydrogen) atoms. The summed E-state index contributed by atoms with van der Waals surface area (Å²) in [5.74, 6) is 0.548. The van der Waals surface area contributed by atoms with E-state index in [1.54, 1.807) is 0 Å². The molecule has 0 aliphatic rings. The summed E-state index contributed by atoms with van der Waals surface area (Å²) in [6.07, 6.45) is -4.41. The predicted octanol–water partition coefficient (Wildman–Crippen LogP) is 5.35. The molecule has 0 fully saturated rings. The molecule has 6 heteroatoms. The molecule has 0 bridgehead atoms. The SMILES string of the molecule is Cc1cccc(CSc2cc(C(F)(F)F)cc(Cl)n2)c1. The number of rotatable bonds is 3. The van der Waals surface area contributed by atoms with Crippen molar-refractivity contribution in [1.29, 1.82) is 0 Å². The van der Waals surface area contributed by atoms with Crippen LogP contribution in [0.1, 0.15) is 16.7 Å².